The second kappa shape index (κ2) is 8.49. The SMILES string of the molecule is O=[SH](=O)Cc1ccc(C2=C(c3ccccc3Cl)C(C=S)c3ccccc3O2)cc1. The normalized spacial score (nSPS) is 15.7. The van der Waals surface area contributed by atoms with Crippen molar-refractivity contribution in [3.05, 3.63) is 100 Å². The van der Waals surface area contributed by atoms with Crippen LogP contribution in [0.3, 0.4) is 0 Å². The third-order valence-electron chi connectivity index (χ3n) is 4.85. The number of allylic oxidation sites excluding steroid dienone is 1. The fourth-order valence-corrected chi connectivity index (χ4v) is 4.56. The highest BCUT2D eigenvalue weighted by molar-refractivity contribution is 7.79. The summed E-state index contributed by atoms with van der Waals surface area (Å²) in [5.74, 6) is 1.26. The summed E-state index contributed by atoms with van der Waals surface area (Å²) in [6.45, 7) is 0. The summed E-state index contributed by atoms with van der Waals surface area (Å²) in [6.07, 6.45) is 0. The first-order valence-corrected chi connectivity index (χ1v) is 11.2. The van der Waals surface area contributed by atoms with Crippen LogP contribution in [0.4, 0.5) is 0 Å². The fourth-order valence-electron chi connectivity index (χ4n) is 3.53. The number of halogens is 1. The topological polar surface area (TPSA) is 43.4 Å². The molecule has 1 heterocycles. The molecule has 3 aromatic carbocycles. The van der Waals surface area contributed by atoms with Crippen LogP contribution in [-0.4, -0.2) is 13.8 Å². The second-order valence-corrected chi connectivity index (χ2v) is 8.33. The van der Waals surface area contributed by atoms with Gasteiger partial charge in [-0.3, -0.25) is 0 Å². The summed E-state index contributed by atoms with van der Waals surface area (Å²) in [5.41, 5.74) is 4.30. The lowest BCUT2D eigenvalue weighted by Crippen LogP contribution is -2.15. The third kappa shape index (κ3) is 3.99. The lowest BCUT2D eigenvalue weighted by atomic mass is 9.83. The van der Waals surface area contributed by atoms with Gasteiger partial charge in [-0.05, 0) is 23.1 Å². The van der Waals surface area contributed by atoms with Crippen molar-refractivity contribution in [2.24, 2.45) is 0 Å². The molecule has 3 nitrogen and oxygen atoms in total. The average Bonchev–Trinajstić information content (AvgIpc) is 2.73. The van der Waals surface area contributed by atoms with Gasteiger partial charge in [0.2, 0.25) is 0 Å². The molecule has 4 rings (SSSR count). The molecule has 0 bridgehead atoms. The van der Waals surface area contributed by atoms with Gasteiger partial charge in [0.25, 0.3) is 0 Å². The molecule has 0 saturated carbocycles. The quantitative estimate of drug-likeness (QED) is 0.420. The van der Waals surface area contributed by atoms with Crippen molar-refractivity contribution in [2.45, 2.75) is 11.7 Å². The Balaban J connectivity index is 1.93. The molecule has 0 radical (unpaired) electrons. The molecule has 0 spiro atoms. The van der Waals surface area contributed by atoms with Crippen LogP contribution >= 0.6 is 23.8 Å². The van der Waals surface area contributed by atoms with Crippen LogP contribution in [0.25, 0.3) is 11.3 Å². The summed E-state index contributed by atoms with van der Waals surface area (Å²) >= 11 is 12.0. The molecule has 0 saturated heterocycles. The lowest BCUT2D eigenvalue weighted by molar-refractivity contribution is 0.500. The summed E-state index contributed by atoms with van der Waals surface area (Å²) in [6, 6.07) is 22.8. The summed E-state index contributed by atoms with van der Waals surface area (Å²) < 4.78 is 28.4. The number of para-hydroxylation sites is 1. The van der Waals surface area contributed by atoms with Gasteiger partial charge >= 0.3 is 0 Å². The van der Waals surface area contributed by atoms with Crippen molar-refractivity contribution >= 4 is 51.2 Å². The van der Waals surface area contributed by atoms with Gasteiger partial charge in [-0.25, -0.2) is 8.42 Å². The molecular weight excluding hydrogens is 424 g/mol. The largest absolute Gasteiger partial charge is 0.456 e. The first-order chi connectivity index (χ1) is 14.1. The van der Waals surface area contributed by atoms with E-state index in [4.69, 9.17) is 28.6 Å². The van der Waals surface area contributed by atoms with Gasteiger partial charge in [-0.2, -0.15) is 0 Å². The predicted octanol–water partition coefficient (Wildman–Crippen LogP) is 5.50. The zero-order valence-electron chi connectivity index (χ0n) is 15.2. The Morgan fingerprint density at radius 2 is 1.66 bits per heavy atom. The maximum absolute atomic E-state index is 11.0. The smallest absolute Gasteiger partial charge is 0.144 e. The standard InChI is InChI=1S/C23H17ClO3S2/c24-20-7-3-1-6-18(20)22-19(13-28)17-5-2-4-8-21(17)27-23(22)16-11-9-15(10-12-16)14-29(25)26/h1-13,19,29H,14H2. The van der Waals surface area contributed by atoms with E-state index in [1.807, 2.05) is 60.7 Å². The zero-order chi connectivity index (χ0) is 20.4. The van der Waals surface area contributed by atoms with Gasteiger partial charge < -0.3 is 4.74 Å². The Kier molecular flexibility index (Phi) is 5.81. The maximum atomic E-state index is 11.0. The molecule has 0 N–H and O–H groups in total. The van der Waals surface area contributed by atoms with Crippen LogP contribution in [0, 0.1) is 0 Å². The number of hydrogen-bond acceptors (Lipinski definition) is 4. The summed E-state index contributed by atoms with van der Waals surface area (Å²) in [5, 5.41) is 2.35. The van der Waals surface area contributed by atoms with E-state index in [0.717, 1.165) is 33.6 Å². The van der Waals surface area contributed by atoms with Gasteiger partial charge in [0.05, 0.1) is 5.75 Å². The number of benzene rings is 3. The molecule has 1 aliphatic rings. The highest BCUT2D eigenvalue weighted by atomic mass is 35.5. The van der Waals surface area contributed by atoms with Crippen LogP contribution in [0.2, 0.25) is 5.02 Å². The number of thiol groups is 1. The molecule has 1 unspecified atom stereocenters. The predicted molar refractivity (Wildman–Crippen MR) is 122 cm³/mol. The van der Waals surface area contributed by atoms with Crippen molar-refractivity contribution in [1.29, 1.82) is 0 Å². The molecule has 1 aliphatic heterocycles. The first-order valence-electron chi connectivity index (χ1n) is 9.00. The Morgan fingerprint density at radius 1 is 0.966 bits per heavy atom. The van der Waals surface area contributed by atoms with Crippen molar-refractivity contribution in [3.63, 3.8) is 0 Å². The monoisotopic (exact) mass is 440 g/mol. The molecule has 1 atom stereocenters. The molecule has 29 heavy (non-hydrogen) atoms. The van der Waals surface area contributed by atoms with E-state index in [1.165, 1.54) is 0 Å². The molecule has 0 aliphatic carbocycles. The first kappa shape index (κ1) is 19.8. The van der Waals surface area contributed by atoms with Crippen molar-refractivity contribution in [1.82, 2.24) is 0 Å². The van der Waals surface area contributed by atoms with Crippen molar-refractivity contribution in [3.8, 4) is 5.75 Å². The number of fused-ring (bicyclic) bond motifs is 1. The fraction of sp³-hybridized carbons (Fsp3) is 0.0870. The van der Waals surface area contributed by atoms with E-state index in [-0.39, 0.29) is 11.7 Å². The number of thiocarbonyl (C=S) groups is 1. The van der Waals surface area contributed by atoms with Gasteiger partial charge in [0.15, 0.2) is 0 Å². The number of hydrogen-bond donors (Lipinski definition) is 1. The van der Waals surface area contributed by atoms with E-state index < -0.39 is 10.7 Å². The minimum Gasteiger partial charge on any atom is -0.456 e. The van der Waals surface area contributed by atoms with Crippen LogP contribution in [0.1, 0.15) is 28.2 Å². The third-order valence-corrected chi connectivity index (χ3v) is 6.07. The number of rotatable bonds is 5. The van der Waals surface area contributed by atoms with E-state index >= 15 is 0 Å². The minimum atomic E-state index is -2.47. The lowest BCUT2D eigenvalue weighted by Gasteiger charge is -2.29. The van der Waals surface area contributed by atoms with Gasteiger partial charge in [0.1, 0.15) is 22.2 Å². The minimum absolute atomic E-state index is 0.0122. The van der Waals surface area contributed by atoms with Gasteiger partial charge in [-0.1, -0.05) is 84.5 Å². The Labute approximate surface area is 181 Å². The number of ether oxygens (including phenoxy) is 1. The van der Waals surface area contributed by atoms with E-state index in [1.54, 1.807) is 17.5 Å². The van der Waals surface area contributed by atoms with Crippen molar-refractivity contribution in [2.75, 3.05) is 0 Å². The molecule has 0 aromatic heterocycles. The summed E-state index contributed by atoms with van der Waals surface area (Å²) in [7, 11) is -2.47. The average molecular weight is 441 g/mol. The van der Waals surface area contributed by atoms with Crippen LogP contribution < -0.4 is 4.74 Å². The van der Waals surface area contributed by atoms with E-state index in [0.29, 0.717) is 10.8 Å². The second-order valence-electron chi connectivity index (χ2n) is 6.66. The highest BCUT2D eigenvalue weighted by Crippen LogP contribution is 2.47. The molecule has 0 amide bonds. The Morgan fingerprint density at radius 3 is 2.34 bits per heavy atom. The Hall–Kier alpha value is -2.47. The molecule has 3 aromatic rings. The molecular formula is C23H17ClO3S2. The zero-order valence-corrected chi connectivity index (χ0v) is 17.7. The molecule has 146 valence electrons. The van der Waals surface area contributed by atoms with Crippen LogP contribution in [0.15, 0.2) is 72.8 Å². The molecule has 6 heteroatoms. The van der Waals surface area contributed by atoms with Crippen LogP contribution in [0.5, 0.6) is 5.75 Å². The Bertz CT molecular complexity index is 1170. The highest BCUT2D eigenvalue weighted by Gasteiger charge is 2.30. The summed E-state index contributed by atoms with van der Waals surface area (Å²) in [4.78, 5) is 0. The van der Waals surface area contributed by atoms with E-state index in [2.05, 4.69) is 0 Å². The maximum Gasteiger partial charge on any atom is 0.144 e. The van der Waals surface area contributed by atoms with E-state index in [9.17, 15) is 8.42 Å². The van der Waals surface area contributed by atoms with Crippen LogP contribution in [-0.2, 0) is 16.5 Å². The van der Waals surface area contributed by atoms with Gasteiger partial charge in [-0.15, -0.1) is 0 Å². The van der Waals surface area contributed by atoms with Gasteiger partial charge in [0, 0.05) is 33.2 Å². The molecule has 0 fully saturated rings. The van der Waals surface area contributed by atoms with Crippen molar-refractivity contribution < 1.29 is 13.2 Å².